The molecule has 0 spiro atoms. The lowest BCUT2D eigenvalue weighted by molar-refractivity contribution is 0.0695. The summed E-state index contributed by atoms with van der Waals surface area (Å²) in [5.41, 5.74) is 2.14. The van der Waals surface area contributed by atoms with E-state index in [2.05, 4.69) is 21.0 Å². The zero-order valence-electron chi connectivity index (χ0n) is 11.3. The average molecular weight is 339 g/mol. The van der Waals surface area contributed by atoms with E-state index in [1.54, 1.807) is 16.8 Å². The summed E-state index contributed by atoms with van der Waals surface area (Å²) in [6.07, 6.45) is 0.870. The Morgan fingerprint density at radius 2 is 2.20 bits per heavy atom. The van der Waals surface area contributed by atoms with E-state index < -0.39 is 5.97 Å². The van der Waals surface area contributed by atoms with Crippen molar-refractivity contribution in [1.82, 2.24) is 9.78 Å². The Kier molecular flexibility index (Phi) is 4.44. The summed E-state index contributed by atoms with van der Waals surface area (Å²) in [5.74, 6) is -0.471. The summed E-state index contributed by atoms with van der Waals surface area (Å²) >= 11 is 3.20. The number of carbonyl (C=O) groups is 1. The SMILES string of the molecule is CCc1cc(COc2ccc(Br)c(C(=O)O)c2)n(C)n1. The van der Waals surface area contributed by atoms with Crippen LogP contribution in [0.5, 0.6) is 5.75 Å². The molecule has 0 fully saturated rings. The van der Waals surface area contributed by atoms with Crippen LogP contribution in [0.25, 0.3) is 0 Å². The van der Waals surface area contributed by atoms with Gasteiger partial charge in [-0.25, -0.2) is 4.79 Å². The van der Waals surface area contributed by atoms with E-state index in [1.807, 2.05) is 20.0 Å². The van der Waals surface area contributed by atoms with Crippen LogP contribution in [-0.4, -0.2) is 20.9 Å². The van der Waals surface area contributed by atoms with Crippen molar-refractivity contribution in [2.24, 2.45) is 7.05 Å². The first-order valence-corrected chi connectivity index (χ1v) is 6.98. The molecule has 0 saturated heterocycles. The lowest BCUT2D eigenvalue weighted by Gasteiger charge is -2.08. The van der Waals surface area contributed by atoms with Crippen molar-refractivity contribution in [3.8, 4) is 5.75 Å². The Labute approximate surface area is 125 Å². The van der Waals surface area contributed by atoms with Gasteiger partial charge in [-0.05, 0) is 46.6 Å². The Hall–Kier alpha value is -1.82. The molecule has 106 valence electrons. The lowest BCUT2D eigenvalue weighted by atomic mass is 10.2. The van der Waals surface area contributed by atoms with Gasteiger partial charge in [0.05, 0.1) is 17.0 Å². The fourth-order valence-corrected chi connectivity index (χ4v) is 2.21. The van der Waals surface area contributed by atoms with Gasteiger partial charge in [0, 0.05) is 11.5 Å². The van der Waals surface area contributed by atoms with E-state index in [-0.39, 0.29) is 5.56 Å². The van der Waals surface area contributed by atoms with Crippen LogP contribution in [0.1, 0.15) is 28.7 Å². The fourth-order valence-electron chi connectivity index (χ4n) is 1.79. The third-order valence-corrected chi connectivity index (χ3v) is 3.64. The fraction of sp³-hybridized carbons (Fsp3) is 0.286. The summed E-state index contributed by atoms with van der Waals surface area (Å²) < 4.78 is 7.94. The standard InChI is InChI=1S/C14H15BrN2O3/c1-3-9-6-10(17(2)16-9)8-20-11-4-5-13(15)12(7-11)14(18)19/h4-7H,3,8H2,1-2H3,(H,18,19). The van der Waals surface area contributed by atoms with Gasteiger partial charge >= 0.3 is 5.97 Å². The molecule has 1 heterocycles. The van der Waals surface area contributed by atoms with Crippen molar-refractivity contribution in [3.63, 3.8) is 0 Å². The summed E-state index contributed by atoms with van der Waals surface area (Å²) in [6.45, 7) is 2.39. The molecular weight excluding hydrogens is 324 g/mol. The van der Waals surface area contributed by atoms with Crippen LogP contribution >= 0.6 is 15.9 Å². The summed E-state index contributed by atoms with van der Waals surface area (Å²) in [6, 6.07) is 6.88. The van der Waals surface area contributed by atoms with Gasteiger partial charge in [0.15, 0.2) is 0 Å². The molecule has 20 heavy (non-hydrogen) atoms. The normalized spacial score (nSPS) is 10.6. The van der Waals surface area contributed by atoms with Crippen molar-refractivity contribution in [2.75, 3.05) is 0 Å². The Morgan fingerprint density at radius 1 is 1.45 bits per heavy atom. The molecule has 0 saturated carbocycles. The second-order valence-electron chi connectivity index (χ2n) is 4.34. The van der Waals surface area contributed by atoms with Gasteiger partial charge in [-0.2, -0.15) is 5.10 Å². The quantitative estimate of drug-likeness (QED) is 0.909. The molecule has 6 heteroatoms. The van der Waals surface area contributed by atoms with Crippen molar-refractivity contribution >= 4 is 21.9 Å². The first-order chi connectivity index (χ1) is 9.51. The number of aryl methyl sites for hydroxylation is 2. The topological polar surface area (TPSA) is 64.3 Å². The van der Waals surface area contributed by atoms with E-state index in [0.717, 1.165) is 17.8 Å². The first-order valence-electron chi connectivity index (χ1n) is 6.18. The third kappa shape index (κ3) is 3.19. The number of benzene rings is 1. The molecule has 0 aliphatic heterocycles. The first kappa shape index (κ1) is 14.6. The van der Waals surface area contributed by atoms with Gasteiger partial charge in [0.1, 0.15) is 12.4 Å². The molecule has 2 aromatic rings. The Bertz CT molecular complexity index is 637. The number of halogens is 1. The second kappa shape index (κ2) is 6.09. The number of aromatic nitrogens is 2. The number of carboxylic acid groups (broad SMARTS) is 1. The lowest BCUT2D eigenvalue weighted by Crippen LogP contribution is -2.04. The van der Waals surface area contributed by atoms with E-state index in [0.29, 0.717) is 16.8 Å². The van der Waals surface area contributed by atoms with Gasteiger partial charge in [-0.1, -0.05) is 6.92 Å². The maximum absolute atomic E-state index is 11.0. The van der Waals surface area contributed by atoms with E-state index in [9.17, 15) is 4.79 Å². The zero-order chi connectivity index (χ0) is 14.7. The third-order valence-electron chi connectivity index (χ3n) is 2.94. The van der Waals surface area contributed by atoms with Crippen LogP contribution in [0.2, 0.25) is 0 Å². The molecule has 0 amide bonds. The van der Waals surface area contributed by atoms with Crippen molar-refractivity contribution in [1.29, 1.82) is 0 Å². The molecule has 0 unspecified atom stereocenters. The number of aromatic carboxylic acids is 1. The van der Waals surface area contributed by atoms with Crippen LogP contribution in [0.3, 0.4) is 0 Å². The predicted octanol–water partition coefficient (Wildman–Crippen LogP) is 3.02. The molecule has 0 atom stereocenters. The van der Waals surface area contributed by atoms with Crippen LogP contribution in [-0.2, 0) is 20.1 Å². The van der Waals surface area contributed by atoms with Gasteiger partial charge < -0.3 is 9.84 Å². The highest BCUT2D eigenvalue weighted by Crippen LogP contribution is 2.23. The van der Waals surface area contributed by atoms with Crippen molar-refractivity contribution in [2.45, 2.75) is 20.0 Å². The van der Waals surface area contributed by atoms with Gasteiger partial charge in [-0.3, -0.25) is 4.68 Å². The minimum atomic E-state index is -0.990. The van der Waals surface area contributed by atoms with E-state index >= 15 is 0 Å². The average Bonchev–Trinajstić information content (AvgIpc) is 2.78. The summed E-state index contributed by atoms with van der Waals surface area (Å²) in [4.78, 5) is 11.0. The monoisotopic (exact) mass is 338 g/mol. The highest BCUT2D eigenvalue weighted by atomic mass is 79.9. The minimum Gasteiger partial charge on any atom is -0.487 e. The molecule has 1 aromatic carbocycles. The maximum atomic E-state index is 11.0. The highest BCUT2D eigenvalue weighted by molar-refractivity contribution is 9.10. The van der Waals surface area contributed by atoms with Gasteiger partial charge in [-0.15, -0.1) is 0 Å². The molecule has 2 rings (SSSR count). The molecule has 0 radical (unpaired) electrons. The van der Waals surface area contributed by atoms with Crippen LogP contribution in [0, 0.1) is 0 Å². The highest BCUT2D eigenvalue weighted by Gasteiger charge is 2.10. The van der Waals surface area contributed by atoms with Crippen molar-refractivity contribution in [3.05, 3.63) is 45.7 Å². The molecule has 0 aliphatic carbocycles. The Morgan fingerprint density at radius 3 is 2.80 bits per heavy atom. The van der Waals surface area contributed by atoms with Crippen LogP contribution in [0.15, 0.2) is 28.7 Å². The number of nitrogens with zero attached hydrogens (tertiary/aromatic N) is 2. The maximum Gasteiger partial charge on any atom is 0.336 e. The van der Waals surface area contributed by atoms with Gasteiger partial charge in [0.25, 0.3) is 0 Å². The largest absolute Gasteiger partial charge is 0.487 e. The Balaban J connectivity index is 2.12. The molecule has 0 bridgehead atoms. The summed E-state index contributed by atoms with van der Waals surface area (Å²) in [7, 11) is 1.86. The molecule has 1 N–H and O–H groups in total. The molecule has 5 nitrogen and oxygen atoms in total. The number of hydrogen-bond donors (Lipinski definition) is 1. The molecule has 0 aliphatic rings. The smallest absolute Gasteiger partial charge is 0.336 e. The second-order valence-corrected chi connectivity index (χ2v) is 5.19. The zero-order valence-corrected chi connectivity index (χ0v) is 12.8. The summed E-state index contributed by atoms with van der Waals surface area (Å²) in [5, 5.41) is 13.4. The van der Waals surface area contributed by atoms with Gasteiger partial charge in [0.2, 0.25) is 0 Å². The van der Waals surface area contributed by atoms with Crippen LogP contribution in [0.4, 0.5) is 0 Å². The molecule has 1 aromatic heterocycles. The number of ether oxygens (including phenoxy) is 1. The number of hydrogen-bond acceptors (Lipinski definition) is 3. The van der Waals surface area contributed by atoms with Crippen LogP contribution < -0.4 is 4.74 Å². The minimum absolute atomic E-state index is 0.182. The van der Waals surface area contributed by atoms with E-state index in [4.69, 9.17) is 9.84 Å². The molecular formula is C14H15BrN2O3. The van der Waals surface area contributed by atoms with E-state index in [1.165, 1.54) is 6.07 Å². The number of carboxylic acids is 1. The number of rotatable bonds is 5. The predicted molar refractivity (Wildman–Crippen MR) is 78.0 cm³/mol. The van der Waals surface area contributed by atoms with Crippen molar-refractivity contribution < 1.29 is 14.6 Å².